The molecule has 1 aliphatic heterocycles. The third-order valence-electron chi connectivity index (χ3n) is 4.64. The van der Waals surface area contributed by atoms with E-state index in [1.807, 2.05) is 6.92 Å². The number of nitrogens with zero attached hydrogens (tertiary/aromatic N) is 1. The van der Waals surface area contributed by atoms with Crippen molar-refractivity contribution in [3.63, 3.8) is 0 Å². The number of hydrogen-bond acceptors (Lipinski definition) is 5. The lowest BCUT2D eigenvalue weighted by Crippen LogP contribution is -2.41. The molecular formula is C20H23NO5S. The quantitative estimate of drug-likeness (QED) is 0.812. The Morgan fingerprint density at radius 2 is 1.78 bits per heavy atom. The zero-order valence-electron chi connectivity index (χ0n) is 15.1. The van der Waals surface area contributed by atoms with Crippen molar-refractivity contribution in [2.75, 3.05) is 13.1 Å². The van der Waals surface area contributed by atoms with Gasteiger partial charge in [-0.1, -0.05) is 35.9 Å². The normalized spacial score (nSPS) is 21.4. The molecule has 1 aliphatic rings. The van der Waals surface area contributed by atoms with Gasteiger partial charge >= 0.3 is 5.97 Å². The van der Waals surface area contributed by atoms with E-state index in [0.717, 1.165) is 5.56 Å². The van der Waals surface area contributed by atoms with E-state index in [0.29, 0.717) is 18.4 Å². The summed E-state index contributed by atoms with van der Waals surface area (Å²) >= 11 is 0. The highest BCUT2D eigenvalue weighted by Crippen LogP contribution is 2.23. The van der Waals surface area contributed by atoms with Crippen LogP contribution < -0.4 is 0 Å². The van der Waals surface area contributed by atoms with Crippen molar-refractivity contribution in [1.82, 2.24) is 4.31 Å². The number of esters is 1. The van der Waals surface area contributed by atoms with Gasteiger partial charge in [0.1, 0.15) is 12.2 Å². The lowest BCUT2D eigenvalue weighted by molar-refractivity contribution is -0.0197. The number of rotatable bonds is 4. The summed E-state index contributed by atoms with van der Waals surface area (Å²) in [6.07, 6.45) is -0.925. The molecule has 2 aromatic carbocycles. The number of aliphatic hydroxyl groups excluding tert-OH is 1. The summed E-state index contributed by atoms with van der Waals surface area (Å²) in [7, 11) is -3.71. The minimum Gasteiger partial charge on any atom is -0.456 e. The number of aliphatic hydroxyl groups is 1. The highest BCUT2D eigenvalue weighted by molar-refractivity contribution is 7.89. The number of aryl methyl sites for hydroxylation is 1. The van der Waals surface area contributed by atoms with E-state index in [9.17, 15) is 18.3 Å². The fourth-order valence-electron chi connectivity index (χ4n) is 3.07. The topological polar surface area (TPSA) is 83.9 Å². The van der Waals surface area contributed by atoms with Crippen molar-refractivity contribution in [3.05, 3.63) is 65.7 Å². The van der Waals surface area contributed by atoms with Gasteiger partial charge in [-0.3, -0.25) is 0 Å². The predicted octanol–water partition coefficient (Wildman–Crippen LogP) is 2.37. The molecule has 0 radical (unpaired) electrons. The molecule has 6 nitrogen and oxygen atoms in total. The second-order valence-corrected chi connectivity index (χ2v) is 8.63. The van der Waals surface area contributed by atoms with E-state index in [2.05, 4.69) is 0 Å². The van der Waals surface area contributed by atoms with Gasteiger partial charge in [0.25, 0.3) is 0 Å². The van der Waals surface area contributed by atoms with E-state index in [-0.39, 0.29) is 18.0 Å². The maximum atomic E-state index is 12.9. The minimum absolute atomic E-state index is 0.108. The Kier molecular flexibility index (Phi) is 5.94. The van der Waals surface area contributed by atoms with Crippen molar-refractivity contribution >= 4 is 16.0 Å². The maximum Gasteiger partial charge on any atom is 0.338 e. The van der Waals surface area contributed by atoms with Crippen LogP contribution in [-0.4, -0.2) is 49.1 Å². The van der Waals surface area contributed by atoms with Crippen molar-refractivity contribution < 1.29 is 23.1 Å². The van der Waals surface area contributed by atoms with Crippen LogP contribution in [0.1, 0.15) is 28.8 Å². The van der Waals surface area contributed by atoms with Gasteiger partial charge in [-0.25, -0.2) is 13.2 Å². The SMILES string of the molecule is Cc1ccc(S(=O)(=O)N2CCC[C@@H](OC(=O)c3ccccc3)[C@H](O)C2)cc1. The van der Waals surface area contributed by atoms with E-state index < -0.39 is 28.2 Å². The van der Waals surface area contributed by atoms with Gasteiger partial charge in [0.2, 0.25) is 10.0 Å². The Labute approximate surface area is 159 Å². The van der Waals surface area contributed by atoms with Crippen LogP contribution in [0.25, 0.3) is 0 Å². The van der Waals surface area contributed by atoms with E-state index in [1.54, 1.807) is 54.6 Å². The number of benzene rings is 2. The van der Waals surface area contributed by atoms with Crippen LogP contribution in [0, 0.1) is 6.92 Å². The molecule has 0 saturated carbocycles. The second kappa shape index (κ2) is 8.21. The molecule has 0 aliphatic carbocycles. The Balaban J connectivity index is 1.71. The molecule has 1 N–H and O–H groups in total. The lowest BCUT2D eigenvalue weighted by Gasteiger charge is -2.24. The molecular weight excluding hydrogens is 366 g/mol. The molecule has 3 rings (SSSR count). The molecule has 1 fully saturated rings. The summed E-state index contributed by atoms with van der Waals surface area (Å²) in [4.78, 5) is 12.4. The van der Waals surface area contributed by atoms with Crippen molar-refractivity contribution in [2.24, 2.45) is 0 Å². The fraction of sp³-hybridized carbons (Fsp3) is 0.350. The summed E-state index contributed by atoms with van der Waals surface area (Å²) in [5.41, 5.74) is 1.37. The number of hydrogen-bond donors (Lipinski definition) is 1. The Morgan fingerprint density at radius 3 is 2.44 bits per heavy atom. The zero-order chi connectivity index (χ0) is 19.4. The van der Waals surface area contributed by atoms with E-state index in [4.69, 9.17) is 4.74 Å². The van der Waals surface area contributed by atoms with Crippen LogP contribution >= 0.6 is 0 Å². The first-order valence-corrected chi connectivity index (χ1v) is 10.3. The molecule has 0 spiro atoms. The van der Waals surface area contributed by atoms with Crippen molar-refractivity contribution in [1.29, 1.82) is 0 Å². The number of ether oxygens (including phenoxy) is 1. The van der Waals surface area contributed by atoms with Gasteiger partial charge in [0.15, 0.2) is 0 Å². The van der Waals surface area contributed by atoms with Crippen molar-refractivity contribution in [3.8, 4) is 0 Å². The Hall–Kier alpha value is -2.22. The monoisotopic (exact) mass is 389 g/mol. The summed E-state index contributed by atoms with van der Waals surface area (Å²) in [5.74, 6) is -0.519. The van der Waals surface area contributed by atoms with Gasteiger partial charge in [0.05, 0.1) is 10.5 Å². The van der Waals surface area contributed by atoms with Gasteiger partial charge in [-0.05, 0) is 44.0 Å². The summed E-state index contributed by atoms with van der Waals surface area (Å²) in [5, 5.41) is 10.5. The van der Waals surface area contributed by atoms with Crippen LogP contribution in [0.3, 0.4) is 0 Å². The molecule has 2 aromatic rings. The standard InChI is InChI=1S/C20H23NO5S/c1-15-9-11-17(12-10-15)27(24,25)21-13-5-8-19(18(22)14-21)26-20(23)16-6-3-2-4-7-16/h2-4,6-7,9-12,18-19,22H,5,8,13-14H2,1H3/t18-,19-/m1/s1. The van der Waals surface area contributed by atoms with E-state index >= 15 is 0 Å². The Bertz CT molecular complexity index is 880. The Morgan fingerprint density at radius 1 is 1.11 bits per heavy atom. The highest BCUT2D eigenvalue weighted by Gasteiger charge is 2.34. The number of carbonyl (C=O) groups excluding carboxylic acids is 1. The van der Waals surface area contributed by atoms with Crippen LogP contribution in [-0.2, 0) is 14.8 Å². The summed E-state index contributed by atoms with van der Waals surface area (Å²) < 4.78 is 32.4. The molecule has 27 heavy (non-hydrogen) atoms. The molecule has 2 atom stereocenters. The second-order valence-electron chi connectivity index (χ2n) is 6.70. The highest BCUT2D eigenvalue weighted by atomic mass is 32.2. The minimum atomic E-state index is -3.71. The van der Waals surface area contributed by atoms with Crippen molar-refractivity contribution in [2.45, 2.75) is 36.9 Å². The molecule has 144 valence electrons. The lowest BCUT2D eigenvalue weighted by atomic mass is 10.1. The number of carbonyl (C=O) groups is 1. The molecule has 1 heterocycles. The summed E-state index contributed by atoms with van der Waals surface area (Å²) in [6.45, 7) is 2.05. The third-order valence-corrected chi connectivity index (χ3v) is 6.52. The number of sulfonamides is 1. The average molecular weight is 389 g/mol. The van der Waals surface area contributed by atoms with Crippen LogP contribution in [0.2, 0.25) is 0 Å². The molecule has 0 unspecified atom stereocenters. The fourth-order valence-corrected chi connectivity index (χ4v) is 4.57. The zero-order valence-corrected chi connectivity index (χ0v) is 15.9. The molecule has 7 heteroatoms. The molecule has 0 aromatic heterocycles. The molecule has 0 bridgehead atoms. The maximum absolute atomic E-state index is 12.9. The third kappa shape index (κ3) is 4.55. The van der Waals surface area contributed by atoms with Gasteiger partial charge in [-0.2, -0.15) is 4.31 Å². The van der Waals surface area contributed by atoms with Crippen LogP contribution in [0.5, 0.6) is 0 Å². The molecule has 1 saturated heterocycles. The number of β-amino-alcohol motifs (C(OH)–C–C–N with tert-alkyl or cyclic N) is 1. The first-order valence-electron chi connectivity index (χ1n) is 8.89. The van der Waals surface area contributed by atoms with Crippen LogP contribution in [0.4, 0.5) is 0 Å². The first-order chi connectivity index (χ1) is 12.9. The van der Waals surface area contributed by atoms with E-state index in [1.165, 1.54) is 4.31 Å². The summed E-state index contributed by atoms with van der Waals surface area (Å²) in [6, 6.07) is 15.1. The molecule has 0 amide bonds. The average Bonchev–Trinajstić information content (AvgIpc) is 2.85. The van der Waals surface area contributed by atoms with Crippen LogP contribution in [0.15, 0.2) is 59.5 Å². The van der Waals surface area contributed by atoms with Gasteiger partial charge < -0.3 is 9.84 Å². The predicted molar refractivity (Wildman–Crippen MR) is 101 cm³/mol. The largest absolute Gasteiger partial charge is 0.456 e. The first kappa shape index (κ1) is 19.5. The van der Waals surface area contributed by atoms with Gasteiger partial charge in [0, 0.05) is 13.1 Å². The smallest absolute Gasteiger partial charge is 0.338 e. The van der Waals surface area contributed by atoms with Gasteiger partial charge in [-0.15, -0.1) is 0 Å².